The molecule has 0 amide bonds. The van der Waals surface area contributed by atoms with Gasteiger partial charge in [0.2, 0.25) is 0 Å². The van der Waals surface area contributed by atoms with E-state index in [0.717, 1.165) is 25.6 Å². The second-order valence-corrected chi connectivity index (χ2v) is 5.92. The molecule has 2 heteroatoms. The molecule has 0 aliphatic carbocycles. The number of hydrogen-bond donors (Lipinski definition) is 1. The summed E-state index contributed by atoms with van der Waals surface area (Å²) in [5, 5.41) is 3.44. The fraction of sp³-hybridized carbons (Fsp3) is 1.00. The van der Waals surface area contributed by atoms with Gasteiger partial charge in [-0.1, -0.05) is 20.8 Å². The van der Waals surface area contributed by atoms with E-state index in [2.05, 4.69) is 26.1 Å². The Labute approximate surface area is 94.8 Å². The lowest BCUT2D eigenvalue weighted by Gasteiger charge is -2.23. The zero-order valence-corrected chi connectivity index (χ0v) is 10.6. The largest absolute Gasteiger partial charge is 0.381 e. The summed E-state index contributed by atoms with van der Waals surface area (Å²) in [4.78, 5) is 0. The van der Waals surface area contributed by atoms with Crippen molar-refractivity contribution in [1.29, 1.82) is 0 Å². The first-order valence-electron chi connectivity index (χ1n) is 6.36. The van der Waals surface area contributed by atoms with Gasteiger partial charge in [-0.2, -0.15) is 0 Å². The minimum absolute atomic E-state index is 0.409. The first-order chi connectivity index (χ1) is 7.08. The Balaban J connectivity index is 1.92. The normalized spacial score (nSPS) is 23.0. The molecular weight excluding hydrogens is 186 g/mol. The van der Waals surface area contributed by atoms with Crippen molar-refractivity contribution in [2.75, 3.05) is 26.3 Å². The number of piperidine rings is 1. The Hall–Kier alpha value is -0.0800. The van der Waals surface area contributed by atoms with Gasteiger partial charge in [-0.25, -0.2) is 0 Å². The van der Waals surface area contributed by atoms with Gasteiger partial charge in [-0.15, -0.1) is 0 Å². The van der Waals surface area contributed by atoms with Crippen LogP contribution < -0.4 is 5.32 Å². The summed E-state index contributed by atoms with van der Waals surface area (Å²) in [6, 6.07) is 0. The molecule has 15 heavy (non-hydrogen) atoms. The highest BCUT2D eigenvalue weighted by Gasteiger charge is 2.13. The molecule has 1 fully saturated rings. The second kappa shape index (κ2) is 6.49. The Morgan fingerprint density at radius 3 is 2.67 bits per heavy atom. The number of nitrogens with one attached hydrogen (secondary N) is 1. The highest BCUT2D eigenvalue weighted by Crippen LogP contribution is 2.18. The van der Waals surface area contributed by atoms with Crippen molar-refractivity contribution in [2.24, 2.45) is 11.3 Å². The first-order valence-corrected chi connectivity index (χ1v) is 6.36. The van der Waals surface area contributed by atoms with Gasteiger partial charge < -0.3 is 10.1 Å². The number of rotatable bonds is 5. The lowest BCUT2D eigenvalue weighted by atomic mass is 9.93. The van der Waals surface area contributed by atoms with Gasteiger partial charge in [0, 0.05) is 13.2 Å². The average molecular weight is 213 g/mol. The zero-order valence-electron chi connectivity index (χ0n) is 10.6. The third-order valence-corrected chi connectivity index (χ3v) is 3.07. The molecule has 1 aliphatic rings. The summed E-state index contributed by atoms with van der Waals surface area (Å²) < 4.78 is 5.68. The molecule has 1 heterocycles. The fourth-order valence-electron chi connectivity index (χ4n) is 1.90. The van der Waals surface area contributed by atoms with Crippen LogP contribution in [0.25, 0.3) is 0 Å². The summed E-state index contributed by atoms with van der Waals surface area (Å²) >= 11 is 0. The maximum Gasteiger partial charge on any atom is 0.0471 e. The topological polar surface area (TPSA) is 21.3 Å². The molecule has 1 unspecified atom stereocenters. The smallest absolute Gasteiger partial charge is 0.0471 e. The van der Waals surface area contributed by atoms with Crippen LogP contribution in [0.4, 0.5) is 0 Å². The quantitative estimate of drug-likeness (QED) is 0.709. The van der Waals surface area contributed by atoms with E-state index < -0.39 is 0 Å². The van der Waals surface area contributed by atoms with Crippen molar-refractivity contribution in [3.05, 3.63) is 0 Å². The Kier molecular flexibility index (Phi) is 5.62. The van der Waals surface area contributed by atoms with E-state index in [1.54, 1.807) is 0 Å². The molecule has 0 saturated carbocycles. The van der Waals surface area contributed by atoms with Crippen LogP contribution in [0.15, 0.2) is 0 Å². The highest BCUT2D eigenvalue weighted by atomic mass is 16.5. The van der Waals surface area contributed by atoms with E-state index in [1.807, 2.05) is 0 Å². The van der Waals surface area contributed by atoms with Gasteiger partial charge >= 0.3 is 0 Å². The van der Waals surface area contributed by atoms with E-state index >= 15 is 0 Å². The lowest BCUT2D eigenvalue weighted by Crippen LogP contribution is -2.30. The molecule has 0 bridgehead atoms. The van der Waals surface area contributed by atoms with Gasteiger partial charge in [0.25, 0.3) is 0 Å². The lowest BCUT2D eigenvalue weighted by molar-refractivity contribution is 0.0941. The summed E-state index contributed by atoms with van der Waals surface area (Å²) in [6.07, 6.45) is 5.12. The van der Waals surface area contributed by atoms with Crippen LogP contribution in [0.2, 0.25) is 0 Å². The van der Waals surface area contributed by atoms with Crippen molar-refractivity contribution in [3.8, 4) is 0 Å². The molecule has 0 aromatic rings. The molecular formula is C13H27NO. The molecule has 1 N–H and O–H groups in total. The monoisotopic (exact) mass is 213 g/mol. The molecule has 0 aromatic carbocycles. The Morgan fingerprint density at radius 1 is 1.27 bits per heavy atom. The van der Waals surface area contributed by atoms with E-state index in [-0.39, 0.29) is 0 Å². The van der Waals surface area contributed by atoms with Crippen LogP contribution in [-0.2, 0) is 4.74 Å². The third kappa shape index (κ3) is 6.91. The summed E-state index contributed by atoms with van der Waals surface area (Å²) in [5.74, 6) is 0.855. The SMILES string of the molecule is CC(C)(C)CCOCCC1CCCNC1. The van der Waals surface area contributed by atoms with E-state index in [0.29, 0.717) is 5.41 Å². The Morgan fingerprint density at radius 2 is 2.07 bits per heavy atom. The van der Waals surface area contributed by atoms with Crippen LogP contribution in [0.3, 0.4) is 0 Å². The van der Waals surface area contributed by atoms with E-state index in [4.69, 9.17) is 4.74 Å². The maximum absolute atomic E-state index is 5.68. The second-order valence-electron chi connectivity index (χ2n) is 5.92. The van der Waals surface area contributed by atoms with Crippen molar-refractivity contribution in [3.63, 3.8) is 0 Å². The minimum Gasteiger partial charge on any atom is -0.381 e. The maximum atomic E-state index is 5.68. The van der Waals surface area contributed by atoms with E-state index in [1.165, 1.54) is 32.4 Å². The average Bonchev–Trinajstić information content (AvgIpc) is 2.17. The molecule has 1 rings (SSSR count). The van der Waals surface area contributed by atoms with Crippen molar-refractivity contribution in [1.82, 2.24) is 5.32 Å². The van der Waals surface area contributed by atoms with Gasteiger partial charge in [0.1, 0.15) is 0 Å². The molecule has 90 valence electrons. The summed E-state index contributed by atoms with van der Waals surface area (Å²) in [5.41, 5.74) is 0.409. The molecule has 2 nitrogen and oxygen atoms in total. The van der Waals surface area contributed by atoms with Crippen molar-refractivity contribution >= 4 is 0 Å². The first kappa shape index (κ1) is 13.0. The Bertz CT molecular complexity index is 156. The van der Waals surface area contributed by atoms with E-state index in [9.17, 15) is 0 Å². The van der Waals surface area contributed by atoms with Crippen molar-refractivity contribution < 1.29 is 4.74 Å². The fourth-order valence-corrected chi connectivity index (χ4v) is 1.90. The van der Waals surface area contributed by atoms with Gasteiger partial charge in [0.05, 0.1) is 0 Å². The van der Waals surface area contributed by atoms with Crippen LogP contribution >= 0.6 is 0 Å². The van der Waals surface area contributed by atoms with Crippen LogP contribution in [-0.4, -0.2) is 26.3 Å². The summed E-state index contributed by atoms with van der Waals surface area (Å²) in [6.45, 7) is 11.1. The molecule has 1 saturated heterocycles. The standard InChI is InChI=1S/C13H27NO/c1-13(2,3)7-10-15-9-6-12-5-4-8-14-11-12/h12,14H,4-11H2,1-3H3. The van der Waals surface area contributed by atoms with Gasteiger partial charge in [0.15, 0.2) is 0 Å². The summed E-state index contributed by atoms with van der Waals surface area (Å²) in [7, 11) is 0. The molecule has 0 aromatic heterocycles. The third-order valence-electron chi connectivity index (χ3n) is 3.07. The molecule has 1 aliphatic heterocycles. The number of ether oxygens (including phenoxy) is 1. The van der Waals surface area contributed by atoms with Gasteiger partial charge in [-0.05, 0) is 50.1 Å². The predicted molar refractivity (Wildman–Crippen MR) is 65.1 cm³/mol. The molecule has 0 radical (unpaired) electrons. The van der Waals surface area contributed by atoms with Gasteiger partial charge in [-0.3, -0.25) is 0 Å². The predicted octanol–water partition coefficient (Wildman–Crippen LogP) is 2.83. The minimum atomic E-state index is 0.409. The molecule has 0 spiro atoms. The van der Waals surface area contributed by atoms with Crippen LogP contribution in [0, 0.1) is 11.3 Å². The highest BCUT2D eigenvalue weighted by molar-refractivity contribution is 4.68. The van der Waals surface area contributed by atoms with Crippen LogP contribution in [0.5, 0.6) is 0 Å². The zero-order chi connectivity index (χ0) is 11.1. The van der Waals surface area contributed by atoms with Crippen molar-refractivity contribution in [2.45, 2.75) is 46.5 Å². The molecule has 1 atom stereocenters. The van der Waals surface area contributed by atoms with Crippen LogP contribution in [0.1, 0.15) is 46.5 Å². The number of hydrogen-bond acceptors (Lipinski definition) is 2.